The lowest BCUT2D eigenvalue weighted by atomic mass is 10.3. The average Bonchev–Trinajstić information content (AvgIpc) is 2.48. The average molecular weight is 1510 g/mol. The van der Waals surface area contributed by atoms with Gasteiger partial charge in [0.1, 0.15) is 0 Å². The predicted molar refractivity (Wildman–Crippen MR) is 383 cm³/mol. The van der Waals surface area contributed by atoms with Crippen LogP contribution >= 0.6 is 0 Å². The van der Waals surface area contributed by atoms with Crippen LogP contribution < -0.4 is 0 Å². The lowest BCUT2D eigenvalue weighted by Crippen LogP contribution is -2.47. The number of hydrogen-bond acceptors (Lipinski definition) is 28. The van der Waals surface area contributed by atoms with Gasteiger partial charge >= 0.3 is 70.4 Å². The number of aliphatic hydroxyl groups excluding tert-OH is 1. The lowest BCUT2D eigenvalue weighted by Gasteiger charge is -2.31. The molecule has 0 radical (unpaired) electrons. The van der Waals surface area contributed by atoms with Crippen LogP contribution in [0.25, 0.3) is 0 Å². The van der Waals surface area contributed by atoms with Gasteiger partial charge in [0.25, 0.3) is 0 Å². The number of aliphatic hydroxyl groups is 1. The van der Waals surface area contributed by atoms with Gasteiger partial charge in [0.05, 0.1) is 6.61 Å². The second kappa shape index (κ2) is 60.1. The van der Waals surface area contributed by atoms with Gasteiger partial charge in [-0.1, -0.05) is 0 Å². The zero-order valence-corrected chi connectivity index (χ0v) is 71.6. The molecule has 0 saturated carbocycles. The van der Waals surface area contributed by atoms with Gasteiger partial charge in [0.15, 0.2) is 0 Å². The maximum Gasteiger partial charge on any atom is 0.500 e. The Labute approximate surface area is 580 Å². The van der Waals surface area contributed by atoms with Gasteiger partial charge in [0, 0.05) is 222 Å². The van der Waals surface area contributed by atoms with Crippen LogP contribution in [0.1, 0.15) is 107 Å². The molecule has 0 aliphatic heterocycles. The van der Waals surface area contributed by atoms with Crippen molar-refractivity contribution in [3.05, 3.63) is 0 Å². The maximum absolute atomic E-state index is 9.26. The predicted octanol–water partition coefficient (Wildman–Crippen LogP) is 8.12. The second-order valence-electron chi connectivity index (χ2n) is 21.3. The fourth-order valence-electron chi connectivity index (χ4n) is 10.9. The van der Waals surface area contributed by atoms with E-state index in [1.807, 2.05) is 55.4 Å². The summed E-state index contributed by atoms with van der Waals surface area (Å²) in [6, 6.07) is 6.13. The minimum Gasteiger partial charge on any atom is -0.395 e. The summed E-state index contributed by atoms with van der Waals surface area (Å²) in [7, 11) is 5.44. The van der Waals surface area contributed by atoms with Crippen LogP contribution in [-0.4, -0.2) is 322 Å². The molecule has 94 heavy (non-hydrogen) atoms. The molecule has 0 rings (SSSR count). The molecule has 570 valence electrons. The minimum atomic E-state index is -2.68. The number of nitrogens with zero attached hydrogens (tertiary/aromatic N) is 3. The Balaban J connectivity index is -0.00000136. The van der Waals surface area contributed by atoms with Crippen LogP contribution in [0.5, 0.6) is 0 Å². The first-order valence-electron chi connectivity index (χ1n) is 33.9. The van der Waals surface area contributed by atoms with Crippen LogP contribution in [0.4, 0.5) is 0 Å². The molecule has 0 fully saturated rings. The Morgan fingerprint density at radius 1 is 0.191 bits per heavy atom. The molecule has 0 aliphatic rings. The van der Waals surface area contributed by atoms with Gasteiger partial charge in [-0.25, -0.2) is 0 Å². The fourth-order valence-corrected chi connectivity index (χ4v) is 26.9. The molecule has 0 amide bonds. The van der Waals surface area contributed by atoms with Crippen LogP contribution in [-0.2, 0) is 106 Å². The molecule has 28 nitrogen and oxygen atoms in total. The first-order valence-corrected chi connectivity index (χ1v) is 49.3. The number of rotatable bonds is 66. The van der Waals surface area contributed by atoms with Gasteiger partial charge < -0.3 is 126 Å². The summed E-state index contributed by atoms with van der Waals surface area (Å²) in [6.45, 7) is 28.6. The molecule has 1 N–H and O–H groups in total. The molecule has 0 bridgehead atoms. The quantitative estimate of drug-likeness (QED) is 0.0564. The van der Waals surface area contributed by atoms with E-state index in [9.17, 15) is 5.11 Å². The summed E-state index contributed by atoms with van der Waals surface area (Å²) >= 11 is 0. The summed E-state index contributed by atoms with van der Waals surface area (Å²) < 4.78 is 137. The zero-order chi connectivity index (χ0) is 71.7. The highest BCUT2D eigenvalue weighted by molar-refractivity contribution is 6.63. The van der Waals surface area contributed by atoms with Crippen molar-refractivity contribution in [2.45, 2.75) is 155 Å². The van der Waals surface area contributed by atoms with Crippen molar-refractivity contribution >= 4 is 70.4 Å². The van der Waals surface area contributed by atoms with E-state index >= 15 is 0 Å². The summed E-state index contributed by atoms with van der Waals surface area (Å²) in [5.74, 6) is 0. The molecule has 0 spiro atoms. The SMILES string of the molecule is CCO[Si](CCCN(CCC[Si](OCC)(OCC)OCC)CCC[Si](OCC)(OCC)OCC)(OC)OCC.CO[Si](CCCN(CCC[Si](OC)(OC)OC)CCC[Si](OC)(OC)OC)(OC)OC.CO[Si](CCCN(CCO)CCC[Si](OC)(OC)OC)(OC)OC. The van der Waals surface area contributed by atoms with E-state index in [0.717, 1.165) is 152 Å². The molecule has 0 unspecified atom stereocenters. The highest BCUT2D eigenvalue weighted by Crippen LogP contribution is 2.25. The molecule has 36 heteroatoms. The summed E-state index contributed by atoms with van der Waals surface area (Å²) in [6.07, 6.45) is 7.27. The van der Waals surface area contributed by atoms with Crippen LogP contribution in [0.3, 0.4) is 0 Å². The summed E-state index contributed by atoms with van der Waals surface area (Å²) in [5, 5.41) is 9.26. The van der Waals surface area contributed by atoms with E-state index in [4.69, 9.17) is 106 Å². The van der Waals surface area contributed by atoms with Crippen LogP contribution in [0, 0.1) is 0 Å². The van der Waals surface area contributed by atoms with Crippen molar-refractivity contribution in [1.29, 1.82) is 0 Å². The van der Waals surface area contributed by atoms with Crippen molar-refractivity contribution in [2.24, 2.45) is 0 Å². The number of hydrogen-bond donors (Lipinski definition) is 1. The van der Waals surface area contributed by atoms with Gasteiger partial charge in [-0.2, -0.15) is 0 Å². The monoisotopic (exact) mass is 1500 g/mol. The second-order valence-corrected chi connectivity index (χ2v) is 45.0. The Kier molecular flexibility index (Phi) is 63.1. The highest BCUT2D eigenvalue weighted by Gasteiger charge is 2.44. The van der Waals surface area contributed by atoms with E-state index in [0.29, 0.717) is 59.4 Å². The molecule has 0 aromatic rings. The molecule has 0 aromatic carbocycles. The van der Waals surface area contributed by atoms with Crippen LogP contribution in [0.15, 0.2) is 0 Å². The minimum absolute atomic E-state index is 0.128. The van der Waals surface area contributed by atoms with Gasteiger partial charge in [0.2, 0.25) is 0 Å². The zero-order valence-electron chi connectivity index (χ0n) is 63.6. The van der Waals surface area contributed by atoms with Crippen LogP contribution in [0.2, 0.25) is 48.4 Å². The Bertz CT molecular complexity index is 1470. The molecule has 0 atom stereocenters. The van der Waals surface area contributed by atoms with E-state index < -0.39 is 70.4 Å². The highest BCUT2D eigenvalue weighted by atomic mass is 28.4. The Morgan fingerprint density at radius 2 is 0.319 bits per heavy atom. The molecule has 0 aromatic heterocycles. The van der Waals surface area contributed by atoms with Crippen molar-refractivity contribution in [3.8, 4) is 0 Å². The molecule has 0 heterocycles. The van der Waals surface area contributed by atoms with E-state index in [1.54, 1.807) is 114 Å². The van der Waals surface area contributed by atoms with Gasteiger partial charge in [-0.15, -0.1) is 0 Å². The molecular formula is C58H141N3O25Si8. The fraction of sp³-hybridized carbons (Fsp3) is 1.00. The van der Waals surface area contributed by atoms with Crippen molar-refractivity contribution in [3.63, 3.8) is 0 Å². The van der Waals surface area contributed by atoms with Crippen molar-refractivity contribution < 1.29 is 111 Å². The standard InChI is InChI=1S/C26H61NO9Si3.C18H45NO9Si3.C14H35NO7Si2/c1-10-29-37(28-9,30-11-2)24-18-21-27(22-19-25-38(31-12-3,32-13-4)33-14-5)23-20-26-39(34-15-6,35-16-7)36-17-8;1-20-29(21-2,22-3)16-10-13-19(14-11-17-30(23-4,24-5)25-6)15-12-18-31(26-7,27-8)28-9;1-17-23(18-2,19-3)13-7-9-15(11-12-16)10-8-14-24(20-4,21-5)22-6/h10-26H2,1-9H3;10-18H2,1-9H3;16H,7-14H2,1-6H3. The largest absolute Gasteiger partial charge is 0.500 e. The van der Waals surface area contributed by atoms with E-state index in [1.165, 1.54) is 0 Å². The smallest absolute Gasteiger partial charge is 0.395 e. The third-order valence-corrected chi connectivity index (χ3v) is 39.5. The van der Waals surface area contributed by atoms with Gasteiger partial charge in [-0.05, 0) is 159 Å². The van der Waals surface area contributed by atoms with E-state index in [2.05, 4.69) is 14.7 Å². The van der Waals surface area contributed by atoms with E-state index in [-0.39, 0.29) is 6.61 Å². The maximum atomic E-state index is 9.26. The summed E-state index contributed by atoms with van der Waals surface area (Å²) in [5.41, 5.74) is 0. The van der Waals surface area contributed by atoms with Gasteiger partial charge in [-0.3, -0.25) is 0 Å². The lowest BCUT2D eigenvalue weighted by molar-refractivity contribution is 0.0691. The first-order chi connectivity index (χ1) is 45.2. The molecule has 0 aliphatic carbocycles. The topological polar surface area (TPSA) is 251 Å². The Hall–Kier alpha value is 0.615. The third kappa shape index (κ3) is 39.9. The Morgan fingerprint density at radius 3 is 0.457 bits per heavy atom. The van der Waals surface area contributed by atoms with Crippen molar-refractivity contribution in [1.82, 2.24) is 14.7 Å². The first kappa shape index (κ1) is 98.8. The molecule has 0 saturated heterocycles. The third-order valence-electron chi connectivity index (χ3n) is 16.0. The molecular weight excluding hydrogens is 1360 g/mol. The normalized spacial score (nSPS) is 13.1. The van der Waals surface area contributed by atoms with Crippen molar-refractivity contribution in [2.75, 3.05) is 232 Å². The summed E-state index contributed by atoms with van der Waals surface area (Å²) in [4.78, 5) is 7.12.